The first kappa shape index (κ1) is 16.8. The number of Topliss-reactive ketones (excluding diaryl/α,β-unsaturated/α-hetero) is 1. The summed E-state index contributed by atoms with van der Waals surface area (Å²) >= 11 is 0. The van der Waals surface area contributed by atoms with Crippen molar-refractivity contribution in [1.82, 2.24) is 0 Å². The van der Waals surface area contributed by atoms with Gasteiger partial charge in [0, 0.05) is 11.8 Å². The van der Waals surface area contributed by atoms with Crippen molar-refractivity contribution in [3.63, 3.8) is 0 Å². The normalized spacial score (nSPS) is 12.3. The second-order valence-electron chi connectivity index (χ2n) is 4.96. The SMILES string of the molecule is Cc1ccc(C(=O)CS(=O)(=O)CCS(C)(=O)=O)c(C)c1. The highest BCUT2D eigenvalue weighted by Gasteiger charge is 2.21. The second-order valence-corrected chi connectivity index (χ2v) is 9.41. The van der Waals surface area contributed by atoms with E-state index in [0.717, 1.165) is 11.8 Å². The standard InChI is InChI=1S/C13H18O5S2/c1-10-4-5-12(11(2)8-10)13(14)9-20(17,18)7-6-19(3,15)16/h4-5,8H,6-7,9H2,1-3H3. The van der Waals surface area contributed by atoms with Crippen LogP contribution >= 0.6 is 0 Å². The van der Waals surface area contributed by atoms with Crippen LogP contribution < -0.4 is 0 Å². The van der Waals surface area contributed by atoms with Gasteiger partial charge in [0.2, 0.25) is 0 Å². The van der Waals surface area contributed by atoms with Gasteiger partial charge in [-0.1, -0.05) is 23.8 Å². The van der Waals surface area contributed by atoms with Crippen molar-refractivity contribution < 1.29 is 21.6 Å². The molecule has 0 fully saturated rings. The summed E-state index contributed by atoms with van der Waals surface area (Å²) in [6.07, 6.45) is 0.967. The highest BCUT2D eigenvalue weighted by molar-refractivity contribution is 7.95. The molecule has 0 aliphatic heterocycles. The number of rotatable bonds is 6. The Balaban J connectivity index is 2.84. The molecule has 0 N–H and O–H groups in total. The van der Waals surface area contributed by atoms with Crippen molar-refractivity contribution in [3.05, 3.63) is 34.9 Å². The monoisotopic (exact) mass is 318 g/mol. The maximum atomic E-state index is 12.0. The van der Waals surface area contributed by atoms with Crippen molar-refractivity contribution in [2.75, 3.05) is 23.5 Å². The number of ketones is 1. The lowest BCUT2D eigenvalue weighted by Gasteiger charge is -2.07. The molecule has 5 nitrogen and oxygen atoms in total. The Bertz CT molecular complexity index is 715. The van der Waals surface area contributed by atoms with Gasteiger partial charge in [0.1, 0.15) is 15.6 Å². The average molecular weight is 318 g/mol. The Kier molecular flexibility index (Phi) is 5.10. The van der Waals surface area contributed by atoms with E-state index < -0.39 is 42.7 Å². The summed E-state index contributed by atoms with van der Waals surface area (Å²) in [4.78, 5) is 12.0. The fraction of sp³-hybridized carbons (Fsp3) is 0.462. The zero-order valence-electron chi connectivity index (χ0n) is 11.7. The van der Waals surface area contributed by atoms with Crippen molar-refractivity contribution in [1.29, 1.82) is 0 Å². The highest BCUT2D eigenvalue weighted by atomic mass is 32.2. The number of sulfone groups is 2. The van der Waals surface area contributed by atoms with Gasteiger partial charge in [-0.15, -0.1) is 0 Å². The largest absolute Gasteiger partial charge is 0.293 e. The van der Waals surface area contributed by atoms with Crippen LogP contribution in [-0.2, 0) is 19.7 Å². The Morgan fingerprint density at radius 3 is 2.15 bits per heavy atom. The third-order valence-electron chi connectivity index (χ3n) is 2.80. The molecule has 0 saturated carbocycles. The molecule has 0 aliphatic carbocycles. The maximum Gasteiger partial charge on any atom is 0.178 e. The first-order valence-electron chi connectivity index (χ1n) is 5.99. The fourth-order valence-electron chi connectivity index (χ4n) is 1.75. The molecule has 112 valence electrons. The molecular weight excluding hydrogens is 300 g/mol. The number of hydrogen-bond acceptors (Lipinski definition) is 5. The molecule has 0 aliphatic rings. The van der Waals surface area contributed by atoms with E-state index in [1.165, 1.54) is 0 Å². The zero-order valence-corrected chi connectivity index (χ0v) is 13.3. The second kappa shape index (κ2) is 6.05. The minimum Gasteiger partial charge on any atom is -0.293 e. The van der Waals surface area contributed by atoms with Crippen LogP contribution in [0.15, 0.2) is 18.2 Å². The molecule has 0 saturated heterocycles. The Morgan fingerprint density at radius 2 is 1.65 bits per heavy atom. The summed E-state index contributed by atoms with van der Waals surface area (Å²) in [7, 11) is -7.08. The van der Waals surface area contributed by atoms with E-state index in [4.69, 9.17) is 0 Å². The van der Waals surface area contributed by atoms with Crippen molar-refractivity contribution in [3.8, 4) is 0 Å². The molecule has 0 bridgehead atoms. The number of benzene rings is 1. The molecule has 0 heterocycles. The summed E-state index contributed by atoms with van der Waals surface area (Å²) in [5.74, 6) is -2.15. The molecule has 0 atom stereocenters. The summed E-state index contributed by atoms with van der Waals surface area (Å²) < 4.78 is 45.5. The Morgan fingerprint density at radius 1 is 1.05 bits per heavy atom. The van der Waals surface area contributed by atoms with Crippen LogP contribution in [0.25, 0.3) is 0 Å². The van der Waals surface area contributed by atoms with E-state index in [-0.39, 0.29) is 0 Å². The van der Waals surface area contributed by atoms with E-state index in [2.05, 4.69) is 0 Å². The van der Waals surface area contributed by atoms with E-state index in [1.54, 1.807) is 25.1 Å². The van der Waals surface area contributed by atoms with Gasteiger partial charge < -0.3 is 0 Å². The summed E-state index contributed by atoms with van der Waals surface area (Å²) in [5.41, 5.74) is 2.06. The van der Waals surface area contributed by atoms with E-state index >= 15 is 0 Å². The van der Waals surface area contributed by atoms with Crippen LogP contribution in [0.4, 0.5) is 0 Å². The third-order valence-corrected chi connectivity index (χ3v) is 5.53. The topological polar surface area (TPSA) is 85.3 Å². The quantitative estimate of drug-likeness (QED) is 0.729. The van der Waals surface area contributed by atoms with Gasteiger partial charge in [-0.3, -0.25) is 4.79 Å². The first-order valence-corrected chi connectivity index (χ1v) is 9.87. The number of carbonyl (C=O) groups is 1. The van der Waals surface area contributed by atoms with Crippen molar-refractivity contribution in [2.45, 2.75) is 13.8 Å². The maximum absolute atomic E-state index is 12.0. The van der Waals surface area contributed by atoms with Crippen LogP contribution in [-0.4, -0.2) is 46.1 Å². The van der Waals surface area contributed by atoms with Crippen LogP contribution in [0, 0.1) is 13.8 Å². The lowest BCUT2D eigenvalue weighted by Crippen LogP contribution is -2.23. The molecule has 0 aromatic heterocycles. The van der Waals surface area contributed by atoms with Crippen molar-refractivity contribution in [2.24, 2.45) is 0 Å². The summed E-state index contributed by atoms with van der Waals surface area (Å²) in [6, 6.07) is 5.14. The molecule has 1 aromatic carbocycles. The fourth-order valence-corrected chi connectivity index (χ4v) is 4.68. The number of hydrogen-bond donors (Lipinski definition) is 0. The van der Waals surface area contributed by atoms with Gasteiger partial charge in [-0.2, -0.15) is 0 Å². The minimum absolute atomic E-state index is 0.360. The van der Waals surface area contributed by atoms with Gasteiger partial charge in [0.25, 0.3) is 0 Å². The van der Waals surface area contributed by atoms with E-state index in [9.17, 15) is 21.6 Å². The number of aryl methyl sites for hydroxylation is 2. The number of carbonyl (C=O) groups excluding carboxylic acids is 1. The van der Waals surface area contributed by atoms with E-state index in [0.29, 0.717) is 11.1 Å². The highest BCUT2D eigenvalue weighted by Crippen LogP contribution is 2.12. The van der Waals surface area contributed by atoms with Crippen molar-refractivity contribution >= 4 is 25.5 Å². The van der Waals surface area contributed by atoms with Gasteiger partial charge in [-0.25, -0.2) is 16.8 Å². The van der Waals surface area contributed by atoms with Gasteiger partial charge in [0.05, 0.1) is 11.5 Å². The molecule has 0 unspecified atom stereocenters. The van der Waals surface area contributed by atoms with Crippen LogP contribution in [0.3, 0.4) is 0 Å². The lowest BCUT2D eigenvalue weighted by atomic mass is 10.0. The first-order chi connectivity index (χ1) is 9.00. The Labute approximate surface area is 119 Å². The predicted octanol–water partition coefficient (Wildman–Crippen LogP) is 0.946. The van der Waals surface area contributed by atoms with Crippen LogP contribution in [0.5, 0.6) is 0 Å². The molecule has 1 rings (SSSR count). The predicted molar refractivity (Wildman–Crippen MR) is 78.6 cm³/mol. The minimum atomic E-state index is -3.72. The van der Waals surface area contributed by atoms with Crippen LogP contribution in [0.2, 0.25) is 0 Å². The molecule has 7 heteroatoms. The molecule has 20 heavy (non-hydrogen) atoms. The van der Waals surface area contributed by atoms with Gasteiger partial charge in [0.15, 0.2) is 15.6 Å². The van der Waals surface area contributed by atoms with E-state index in [1.807, 2.05) is 6.92 Å². The van der Waals surface area contributed by atoms with Crippen LogP contribution in [0.1, 0.15) is 21.5 Å². The smallest absolute Gasteiger partial charge is 0.178 e. The zero-order chi connectivity index (χ0) is 15.6. The molecular formula is C13H18O5S2. The lowest BCUT2D eigenvalue weighted by molar-refractivity contribution is 0.102. The average Bonchev–Trinajstić information content (AvgIpc) is 2.24. The third kappa shape index (κ3) is 5.42. The molecule has 1 aromatic rings. The Hall–Kier alpha value is -1.21. The summed E-state index contributed by atoms with van der Waals surface area (Å²) in [6.45, 7) is 3.62. The molecule has 0 amide bonds. The molecule has 0 radical (unpaired) electrons. The van der Waals surface area contributed by atoms with Gasteiger partial charge in [-0.05, 0) is 19.4 Å². The van der Waals surface area contributed by atoms with Gasteiger partial charge >= 0.3 is 0 Å². The molecule has 0 spiro atoms. The summed E-state index contributed by atoms with van der Waals surface area (Å²) in [5, 5.41) is 0.